The highest BCUT2D eigenvalue weighted by Gasteiger charge is 2.20. The van der Waals surface area contributed by atoms with Crippen molar-refractivity contribution in [3.05, 3.63) is 59.3 Å². The fourth-order valence-electron chi connectivity index (χ4n) is 2.79. The van der Waals surface area contributed by atoms with Crippen LogP contribution in [0.25, 0.3) is 11.3 Å². The lowest BCUT2D eigenvalue weighted by atomic mass is 10.0. The number of rotatable bonds is 3. The quantitative estimate of drug-likeness (QED) is 0.739. The van der Waals surface area contributed by atoms with E-state index in [9.17, 15) is 4.39 Å². The molecular formula is C16H14FN5O. The van der Waals surface area contributed by atoms with Crippen molar-refractivity contribution in [2.24, 2.45) is 0 Å². The number of benzene rings is 1. The van der Waals surface area contributed by atoms with Gasteiger partial charge in [0.05, 0.1) is 17.6 Å². The van der Waals surface area contributed by atoms with Crippen LogP contribution in [0.2, 0.25) is 0 Å². The SMILES string of the molecule is Fc1cccc(-c2cc3c(nn2)CCN(Cc2cnon2)C3)c1. The molecule has 0 fully saturated rings. The molecule has 0 radical (unpaired) electrons. The summed E-state index contributed by atoms with van der Waals surface area (Å²) in [6, 6.07) is 8.39. The van der Waals surface area contributed by atoms with Gasteiger partial charge in [-0.05, 0) is 23.8 Å². The second-order valence-corrected chi connectivity index (χ2v) is 5.57. The van der Waals surface area contributed by atoms with Crippen LogP contribution in [0, 0.1) is 5.82 Å². The van der Waals surface area contributed by atoms with E-state index in [0.717, 1.165) is 42.0 Å². The van der Waals surface area contributed by atoms with Crippen LogP contribution in [0.3, 0.4) is 0 Å². The molecule has 7 heteroatoms. The van der Waals surface area contributed by atoms with Gasteiger partial charge in [0.1, 0.15) is 11.5 Å². The van der Waals surface area contributed by atoms with Crippen LogP contribution in [0.1, 0.15) is 17.0 Å². The third-order valence-electron chi connectivity index (χ3n) is 3.93. The highest BCUT2D eigenvalue weighted by molar-refractivity contribution is 5.59. The number of hydrogen-bond donors (Lipinski definition) is 0. The van der Waals surface area contributed by atoms with Gasteiger partial charge in [-0.1, -0.05) is 22.4 Å². The highest BCUT2D eigenvalue weighted by Crippen LogP contribution is 2.23. The van der Waals surface area contributed by atoms with Crippen molar-refractivity contribution in [3.8, 4) is 11.3 Å². The average Bonchev–Trinajstić information content (AvgIpc) is 3.07. The zero-order valence-electron chi connectivity index (χ0n) is 12.3. The molecular weight excluding hydrogens is 297 g/mol. The average molecular weight is 311 g/mol. The summed E-state index contributed by atoms with van der Waals surface area (Å²) in [5.41, 5.74) is 4.34. The molecule has 0 amide bonds. The minimum Gasteiger partial charge on any atom is -0.293 e. The van der Waals surface area contributed by atoms with Crippen molar-refractivity contribution >= 4 is 0 Å². The van der Waals surface area contributed by atoms with Crippen molar-refractivity contribution < 1.29 is 9.02 Å². The normalized spacial score (nSPS) is 14.7. The summed E-state index contributed by atoms with van der Waals surface area (Å²) in [6.45, 7) is 2.31. The Labute approximate surface area is 131 Å². The van der Waals surface area contributed by atoms with Gasteiger partial charge in [-0.25, -0.2) is 9.02 Å². The van der Waals surface area contributed by atoms with Crippen molar-refractivity contribution in [2.75, 3.05) is 6.54 Å². The minimum atomic E-state index is -0.276. The summed E-state index contributed by atoms with van der Waals surface area (Å²) in [5.74, 6) is -0.276. The zero-order valence-corrected chi connectivity index (χ0v) is 12.3. The predicted molar refractivity (Wildman–Crippen MR) is 79.5 cm³/mol. The molecule has 0 saturated heterocycles. The maximum Gasteiger partial charge on any atom is 0.123 e. The van der Waals surface area contributed by atoms with Gasteiger partial charge in [-0.3, -0.25) is 4.90 Å². The smallest absolute Gasteiger partial charge is 0.123 e. The Morgan fingerprint density at radius 2 is 2.17 bits per heavy atom. The molecule has 0 spiro atoms. The van der Waals surface area contributed by atoms with E-state index in [1.807, 2.05) is 12.1 Å². The molecule has 3 aromatic rings. The van der Waals surface area contributed by atoms with Gasteiger partial charge in [0, 0.05) is 31.6 Å². The van der Waals surface area contributed by atoms with Crippen molar-refractivity contribution in [1.82, 2.24) is 25.4 Å². The Morgan fingerprint density at radius 3 is 3.00 bits per heavy atom. The van der Waals surface area contributed by atoms with E-state index in [1.54, 1.807) is 12.3 Å². The molecule has 1 aliphatic rings. The topological polar surface area (TPSA) is 67.9 Å². The molecule has 1 aliphatic heterocycles. The molecule has 23 heavy (non-hydrogen) atoms. The Balaban J connectivity index is 1.59. The van der Waals surface area contributed by atoms with Gasteiger partial charge < -0.3 is 0 Å². The van der Waals surface area contributed by atoms with Crippen LogP contribution in [-0.4, -0.2) is 32.0 Å². The predicted octanol–water partition coefficient (Wildman–Crippen LogP) is 2.22. The highest BCUT2D eigenvalue weighted by atomic mass is 19.1. The van der Waals surface area contributed by atoms with Crippen molar-refractivity contribution in [1.29, 1.82) is 0 Å². The molecule has 0 saturated carbocycles. The molecule has 0 unspecified atom stereocenters. The van der Waals surface area contributed by atoms with Crippen LogP contribution in [0.15, 0.2) is 41.2 Å². The molecule has 2 aromatic heterocycles. The second-order valence-electron chi connectivity index (χ2n) is 5.57. The number of fused-ring (bicyclic) bond motifs is 1. The third-order valence-corrected chi connectivity index (χ3v) is 3.93. The molecule has 116 valence electrons. The molecule has 3 heterocycles. The van der Waals surface area contributed by atoms with Gasteiger partial charge in [-0.15, -0.1) is 0 Å². The van der Waals surface area contributed by atoms with Gasteiger partial charge in [0.15, 0.2) is 0 Å². The first-order valence-corrected chi connectivity index (χ1v) is 7.38. The van der Waals surface area contributed by atoms with Crippen molar-refractivity contribution in [3.63, 3.8) is 0 Å². The van der Waals surface area contributed by atoms with E-state index < -0.39 is 0 Å². The van der Waals surface area contributed by atoms with Crippen LogP contribution < -0.4 is 0 Å². The summed E-state index contributed by atoms with van der Waals surface area (Å²) in [4.78, 5) is 2.25. The standard InChI is InChI=1S/C16H14FN5O/c17-13-3-1-2-11(6-13)16-7-12-9-22(5-4-15(12)19-20-16)10-14-8-18-23-21-14/h1-3,6-8H,4-5,9-10H2. The summed E-state index contributed by atoms with van der Waals surface area (Å²) in [5, 5.41) is 16.0. The number of nitrogens with zero attached hydrogens (tertiary/aromatic N) is 5. The molecule has 0 bridgehead atoms. The zero-order chi connectivity index (χ0) is 15.6. The second kappa shape index (κ2) is 5.85. The molecule has 0 N–H and O–H groups in total. The monoisotopic (exact) mass is 311 g/mol. The van der Waals surface area contributed by atoms with Crippen molar-refractivity contribution in [2.45, 2.75) is 19.5 Å². The lowest BCUT2D eigenvalue weighted by Crippen LogP contribution is -2.31. The molecule has 6 nitrogen and oxygen atoms in total. The number of halogens is 1. The molecule has 1 aromatic carbocycles. The third kappa shape index (κ3) is 2.95. The van der Waals surface area contributed by atoms with Gasteiger partial charge >= 0.3 is 0 Å². The van der Waals surface area contributed by atoms with Crippen LogP contribution in [0.4, 0.5) is 4.39 Å². The first-order valence-electron chi connectivity index (χ1n) is 7.38. The first-order chi connectivity index (χ1) is 11.3. The fraction of sp³-hybridized carbons (Fsp3) is 0.250. The van der Waals surface area contributed by atoms with E-state index in [-0.39, 0.29) is 5.82 Å². The number of aromatic nitrogens is 4. The van der Waals surface area contributed by atoms with Crippen LogP contribution >= 0.6 is 0 Å². The van der Waals surface area contributed by atoms with E-state index >= 15 is 0 Å². The van der Waals surface area contributed by atoms with Crippen LogP contribution in [0.5, 0.6) is 0 Å². The van der Waals surface area contributed by atoms with E-state index in [1.165, 1.54) is 12.1 Å². The number of hydrogen-bond acceptors (Lipinski definition) is 6. The maximum atomic E-state index is 13.4. The fourth-order valence-corrected chi connectivity index (χ4v) is 2.79. The van der Waals surface area contributed by atoms with Gasteiger partial charge in [0.2, 0.25) is 0 Å². The Hall–Kier alpha value is -2.67. The van der Waals surface area contributed by atoms with E-state index in [2.05, 4.69) is 30.0 Å². The summed E-state index contributed by atoms with van der Waals surface area (Å²) < 4.78 is 18.0. The maximum absolute atomic E-state index is 13.4. The molecule has 0 aliphatic carbocycles. The Kier molecular flexibility index (Phi) is 3.55. The molecule has 0 atom stereocenters. The first kappa shape index (κ1) is 14.0. The largest absolute Gasteiger partial charge is 0.293 e. The van der Waals surface area contributed by atoms with Crippen LogP contribution in [-0.2, 0) is 19.5 Å². The van der Waals surface area contributed by atoms with E-state index in [4.69, 9.17) is 0 Å². The Bertz CT molecular complexity index is 821. The van der Waals surface area contributed by atoms with Gasteiger partial charge in [-0.2, -0.15) is 10.2 Å². The lowest BCUT2D eigenvalue weighted by Gasteiger charge is -2.26. The lowest BCUT2D eigenvalue weighted by molar-refractivity contribution is 0.231. The summed E-state index contributed by atoms with van der Waals surface area (Å²) in [6.07, 6.45) is 2.45. The summed E-state index contributed by atoms with van der Waals surface area (Å²) >= 11 is 0. The molecule has 4 rings (SSSR count). The summed E-state index contributed by atoms with van der Waals surface area (Å²) in [7, 11) is 0. The Morgan fingerprint density at radius 1 is 1.22 bits per heavy atom. The van der Waals surface area contributed by atoms with Gasteiger partial charge in [0.25, 0.3) is 0 Å². The minimum absolute atomic E-state index is 0.276. The van der Waals surface area contributed by atoms with E-state index in [0.29, 0.717) is 12.2 Å².